The van der Waals surface area contributed by atoms with E-state index in [1.165, 1.54) is 9.80 Å². The van der Waals surface area contributed by atoms with Crippen LogP contribution in [0.3, 0.4) is 0 Å². The zero-order valence-corrected chi connectivity index (χ0v) is 22.5. The number of aromatic nitrogens is 4. The van der Waals surface area contributed by atoms with Gasteiger partial charge in [-0.1, -0.05) is 0 Å². The summed E-state index contributed by atoms with van der Waals surface area (Å²) in [4.78, 5) is 28.7. The Morgan fingerprint density at radius 2 is 1.82 bits per heavy atom. The topological polar surface area (TPSA) is 111 Å². The SMILES string of the molecule is CC(C)(C)OC(=O)N(C[C@H]1CC[C@]2(CC1)CN(c1cccnn1)C(=O)O2)c1ccc(-c2cc(F)cc(F)c2)nn1. The van der Waals surface area contributed by atoms with Crippen molar-refractivity contribution >= 4 is 23.8 Å². The van der Waals surface area contributed by atoms with Gasteiger partial charge in [0.2, 0.25) is 0 Å². The molecule has 1 saturated heterocycles. The van der Waals surface area contributed by atoms with Crippen molar-refractivity contribution in [3.8, 4) is 11.3 Å². The second-order valence-electron chi connectivity index (χ2n) is 11.2. The highest BCUT2D eigenvalue weighted by Crippen LogP contribution is 2.41. The number of nitrogens with zero attached hydrogens (tertiary/aromatic N) is 6. The van der Waals surface area contributed by atoms with Crippen molar-refractivity contribution < 1.29 is 27.8 Å². The minimum absolute atomic E-state index is 0.0844. The molecule has 2 fully saturated rings. The molecule has 1 aliphatic carbocycles. The van der Waals surface area contributed by atoms with Crippen LogP contribution < -0.4 is 9.80 Å². The summed E-state index contributed by atoms with van der Waals surface area (Å²) in [5, 5.41) is 16.2. The molecule has 1 aromatic carbocycles. The predicted molar refractivity (Wildman–Crippen MR) is 142 cm³/mol. The van der Waals surface area contributed by atoms with Gasteiger partial charge in [-0.3, -0.25) is 9.80 Å². The first-order valence-corrected chi connectivity index (χ1v) is 13.1. The van der Waals surface area contributed by atoms with Gasteiger partial charge in [-0.15, -0.1) is 15.3 Å². The number of halogens is 2. The molecule has 3 aromatic rings. The van der Waals surface area contributed by atoms with Gasteiger partial charge in [0.15, 0.2) is 11.6 Å². The van der Waals surface area contributed by atoms with E-state index in [4.69, 9.17) is 9.47 Å². The maximum Gasteiger partial charge on any atom is 0.416 e. The van der Waals surface area contributed by atoms with Gasteiger partial charge in [-0.25, -0.2) is 18.4 Å². The van der Waals surface area contributed by atoms with Crippen molar-refractivity contribution in [2.75, 3.05) is 22.9 Å². The van der Waals surface area contributed by atoms with Crippen LogP contribution in [-0.4, -0.2) is 56.9 Å². The van der Waals surface area contributed by atoms with Crippen LogP contribution in [-0.2, 0) is 9.47 Å². The fourth-order valence-electron chi connectivity index (χ4n) is 5.05. The van der Waals surface area contributed by atoms with Crippen LogP contribution in [0.1, 0.15) is 46.5 Å². The maximum absolute atomic E-state index is 13.7. The molecule has 2 amide bonds. The van der Waals surface area contributed by atoms with Gasteiger partial charge >= 0.3 is 12.2 Å². The number of hydrogen-bond acceptors (Lipinski definition) is 8. The van der Waals surface area contributed by atoms with E-state index in [0.717, 1.165) is 18.2 Å². The van der Waals surface area contributed by atoms with E-state index < -0.39 is 35.0 Å². The molecule has 0 atom stereocenters. The van der Waals surface area contributed by atoms with Crippen molar-refractivity contribution in [3.63, 3.8) is 0 Å². The number of hydrogen-bond donors (Lipinski definition) is 0. The van der Waals surface area contributed by atoms with Gasteiger partial charge in [0.1, 0.15) is 22.8 Å². The third-order valence-corrected chi connectivity index (χ3v) is 6.96. The third-order valence-electron chi connectivity index (χ3n) is 6.96. The molecule has 1 aliphatic heterocycles. The quantitative estimate of drug-likeness (QED) is 0.406. The van der Waals surface area contributed by atoms with Crippen LogP contribution in [0.2, 0.25) is 0 Å². The molecule has 5 rings (SSSR count). The maximum atomic E-state index is 13.7. The number of benzene rings is 1. The second-order valence-corrected chi connectivity index (χ2v) is 11.2. The van der Waals surface area contributed by atoms with Crippen LogP contribution in [0.4, 0.5) is 30.0 Å². The number of amides is 2. The smallest absolute Gasteiger partial charge is 0.416 e. The Bertz CT molecular complexity index is 1360. The summed E-state index contributed by atoms with van der Waals surface area (Å²) < 4.78 is 38.8. The molecule has 0 unspecified atom stereocenters. The van der Waals surface area contributed by atoms with Gasteiger partial charge in [-0.2, -0.15) is 5.10 Å². The summed E-state index contributed by atoms with van der Waals surface area (Å²) in [7, 11) is 0. The van der Waals surface area contributed by atoms with Gasteiger partial charge < -0.3 is 9.47 Å². The summed E-state index contributed by atoms with van der Waals surface area (Å²) in [5.74, 6) is -0.652. The first-order valence-electron chi connectivity index (χ1n) is 13.1. The Morgan fingerprint density at radius 1 is 1.10 bits per heavy atom. The standard InChI is InChI=1S/C28H30F2N6O4/c1-27(2,3)39-25(37)35(24-7-6-22(32-34-24)19-13-20(29)15-21(30)14-19)16-18-8-10-28(11-9-18)17-36(26(38)40-28)23-5-4-12-31-33-23/h4-7,12-15,18H,8-11,16-17H2,1-3H3/t18-,28-. The Hall–Kier alpha value is -4.22. The van der Waals surface area contributed by atoms with E-state index >= 15 is 0 Å². The molecule has 40 heavy (non-hydrogen) atoms. The lowest BCUT2D eigenvalue weighted by molar-refractivity contribution is 0.0136. The summed E-state index contributed by atoms with van der Waals surface area (Å²) >= 11 is 0. The zero-order valence-electron chi connectivity index (χ0n) is 22.5. The molecule has 1 saturated carbocycles. The molecule has 0 N–H and O–H groups in total. The molecule has 0 radical (unpaired) electrons. The minimum Gasteiger partial charge on any atom is -0.443 e. The highest BCUT2D eigenvalue weighted by molar-refractivity contribution is 5.89. The largest absolute Gasteiger partial charge is 0.443 e. The third kappa shape index (κ3) is 6.16. The fraction of sp³-hybridized carbons (Fsp3) is 0.429. The molecular formula is C28H30F2N6O4. The summed E-state index contributed by atoms with van der Waals surface area (Å²) in [6.07, 6.45) is 3.18. The molecule has 12 heteroatoms. The minimum atomic E-state index is -0.736. The predicted octanol–water partition coefficient (Wildman–Crippen LogP) is 5.54. The average Bonchev–Trinajstić information content (AvgIpc) is 3.23. The van der Waals surface area contributed by atoms with E-state index in [-0.39, 0.29) is 23.0 Å². The van der Waals surface area contributed by atoms with Crippen LogP contribution in [0.25, 0.3) is 11.3 Å². The van der Waals surface area contributed by atoms with E-state index in [9.17, 15) is 18.4 Å². The highest BCUT2D eigenvalue weighted by atomic mass is 19.1. The van der Waals surface area contributed by atoms with Crippen molar-refractivity contribution in [2.45, 2.75) is 57.7 Å². The van der Waals surface area contributed by atoms with Crippen molar-refractivity contribution in [3.05, 3.63) is 60.3 Å². The normalized spacial score (nSPS) is 20.9. The van der Waals surface area contributed by atoms with E-state index in [2.05, 4.69) is 20.4 Å². The zero-order chi connectivity index (χ0) is 28.5. The number of anilines is 2. The van der Waals surface area contributed by atoms with Gasteiger partial charge in [0.25, 0.3) is 0 Å². The molecule has 0 bridgehead atoms. The van der Waals surface area contributed by atoms with Crippen molar-refractivity contribution in [2.24, 2.45) is 5.92 Å². The van der Waals surface area contributed by atoms with Crippen molar-refractivity contribution in [1.82, 2.24) is 20.4 Å². The lowest BCUT2D eigenvalue weighted by atomic mass is 9.78. The first-order chi connectivity index (χ1) is 19.0. The first kappa shape index (κ1) is 27.4. The van der Waals surface area contributed by atoms with Gasteiger partial charge in [0.05, 0.1) is 12.2 Å². The Balaban J connectivity index is 1.30. The Morgan fingerprint density at radius 3 is 2.42 bits per heavy atom. The van der Waals surface area contributed by atoms with Crippen molar-refractivity contribution in [1.29, 1.82) is 0 Å². The summed E-state index contributed by atoms with van der Waals surface area (Å²) in [5.41, 5.74) is -0.856. The second kappa shape index (κ2) is 10.7. The Kier molecular flexibility index (Phi) is 7.35. The number of rotatable bonds is 5. The van der Waals surface area contributed by atoms with Crippen LogP contribution in [0, 0.1) is 17.6 Å². The molecule has 3 heterocycles. The molecule has 2 aliphatic rings. The molecule has 10 nitrogen and oxygen atoms in total. The van der Waals surface area contributed by atoms with E-state index in [1.807, 2.05) is 0 Å². The molecule has 1 spiro atoms. The van der Waals surface area contributed by atoms with Gasteiger partial charge in [0, 0.05) is 24.4 Å². The lowest BCUT2D eigenvalue weighted by Crippen LogP contribution is -2.44. The highest BCUT2D eigenvalue weighted by Gasteiger charge is 2.48. The molecule has 2 aromatic heterocycles. The van der Waals surface area contributed by atoms with Crippen LogP contribution >= 0.6 is 0 Å². The molecule has 210 valence electrons. The fourth-order valence-corrected chi connectivity index (χ4v) is 5.05. The van der Waals surface area contributed by atoms with Crippen LogP contribution in [0.15, 0.2) is 48.7 Å². The van der Waals surface area contributed by atoms with Gasteiger partial charge in [-0.05, 0) is 88.8 Å². The molecular weight excluding hydrogens is 522 g/mol. The van der Waals surface area contributed by atoms with E-state index in [1.54, 1.807) is 51.2 Å². The average molecular weight is 553 g/mol. The summed E-state index contributed by atoms with van der Waals surface area (Å²) in [6.45, 7) is 6.03. The number of ether oxygens (including phenoxy) is 2. The number of carbonyl (C=O) groups is 2. The summed E-state index contributed by atoms with van der Waals surface area (Å²) in [6, 6.07) is 9.68. The van der Waals surface area contributed by atoms with Crippen LogP contribution in [0.5, 0.6) is 0 Å². The Labute approximate surface area is 230 Å². The lowest BCUT2D eigenvalue weighted by Gasteiger charge is -2.37. The number of carbonyl (C=O) groups excluding carboxylic acids is 2. The van der Waals surface area contributed by atoms with E-state index in [0.29, 0.717) is 44.6 Å². The monoisotopic (exact) mass is 552 g/mol.